The SMILES string of the molecule is COCC1CCN(c2cnc(CNC(C)(C)C)cn2)CC1. The molecule has 1 aliphatic heterocycles. The number of nitrogens with zero attached hydrogens (tertiary/aromatic N) is 3. The summed E-state index contributed by atoms with van der Waals surface area (Å²) in [4.78, 5) is 11.4. The lowest BCUT2D eigenvalue weighted by Crippen LogP contribution is -2.36. The van der Waals surface area contributed by atoms with Crippen LogP contribution in [0.4, 0.5) is 5.82 Å². The van der Waals surface area contributed by atoms with Gasteiger partial charge >= 0.3 is 0 Å². The molecule has 2 heterocycles. The Kier molecular flexibility index (Phi) is 5.53. The van der Waals surface area contributed by atoms with Crippen molar-refractivity contribution >= 4 is 5.82 Å². The van der Waals surface area contributed by atoms with Gasteiger partial charge in [-0.1, -0.05) is 0 Å². The Morgan fingerprint density at radius 2 is 1.95 bits per heavy atom. The average molecular weight is 292 g/mol. The fourth-order valence-corrected chi connectivity index (χ4v) is 2.52. The molecule has 1 aromatic rings. The van der Waals surface area contributed by atoms with Crippen LogP contribution >= 0.6 is 0 Å². The topological polar surface area (TPSA) is 50.3 Å². The predicted octanol–water partition coefficient (Wildman–Crippen LogP) is 2.23. The Labute approximate surface area is 128 Å². The van der Waals surface area contributed by atoms with Crippen LogP contribution in [0.1, 0.15) is 39.3 Å². The van der Waals surface area contributed by atoms with Crippen LogP contribution in [0, 0.1) is 5.92 Å². The molecule has 0 bridgehead atoms. The number of piperidine rings is 1. The summed E-state index contributed by atoms with van der Waals surface area (Å²) in [6, 6.07) is 0. The first-order valence-corrected chi connectivity index (χ1v) is 7.78. The molecule has 0 spiro atoms. The van der Waals surface area contributed by atoms with E-state index in [4.69, 9.17) is 4.74 Å². The van der Waals surface area contributed by atoms with Crippen molar-refractivity contribution in [3.63, 3.8) is 0 Å². The molecule has 0 unspecified atom stereocenters. The smallest absolute Gasteiger partial charge is 0.147 e. The molecular weight excluding hydrogens is 264 g/mol. The highest BCUT2D eigenvalue weighted by atomic mass is 16.5. The van der Waals surface area contributed by atoms with Gasteiger partial charge in [0.1, 0.15) is 5.82 Å². The molecule has 0 saturated carbocycles. The quantitative estimate of drug-likeness (QED) is 0.902. The molecule has 1 fully saturated rings. The second-order valence-corrected chi connectivity index (χ2v) is 6.86. The van der Waals surface area contributed by atoms with Gasteiger partial charge in [0, 0.05) is 38.9 Å². The summed E-state index contributed by atoms with van der Waals surface area (Å²) in [5.74, 6) is 1.68. The van der Waals surface area contributed by atoms with E-state index in [2.05, 4.69) is 41.0 Å². The van der Waals surface area contributed by atoms with Crippen LogP contribution < -0.4 is 10.2 Å². The highest BCUT2D eigenvalue weighted by Crippen LogP contribution is 2.21. The lowest BCUT2D eigenvalue weighted by atomic mass is 9.98. The maximum Gasteiger partial charge on any atom is 0.147 e. The number of ether oxygens (including phenoxy) is 1. The summed E-state index contributed by atoms with van der Waals surface area (Å²) < 4.78 is 5.24. The van der Waals surface area contributed by atoms with E-state index in [0.717, 1.165) is 37.8 Å². The minimum absolute atomic E-state index is 0.101. The molecule has 0 atom stereocenters. The van der Waals surface area contributed by atoms with E-state index in [9.17, 15) is 0 Å². The summed E-state index contributed by atoms with van der Waals surface area (Å²) in [5, 5.41) is 3.43. The molecule has 118 valence electrons. The molecule has 1 aromatic heterocycles. The summed E-state index contributed by atoms with van der Waals surface area (Å²) in [6.45, 7) is 10.2. The predicted molar refractivity (Wildman–Crippen MR) is 85.4 cm³/mol. The van der Waals surface area contributed by atoms with Crippen LogP contribution in [0.25, 0.3) is 0 Å². The largest absolute Gasteiger partial charge is 0.384 e. The van der Waals surface area contributed by atoms with Crippen LogP contribution in [0.15, 0.2) is 12.4 Å². The first-order chi connectivity index (χ1) is 9.98. The highest BCUT2D eigenvalue weighted by molar-refractivity contribution is 5.36. The van der Waals surface area contributed by atoms with Gasteiger partial charge in [-0.2, -0.15) is 0 Å². The zero-order valence-electron chi connectivity index (χ0n) is 13.7. The number of aromatic nitrogens is 2. The van der Waals surface area contributed by atoms with E-state index >= 15 is 0 Å². The number of nitrogens with one attached hydrogen (secondary N) is 1. The molecule has 1 aliphatic rings. The van der Waals surface area contributed by atoms with Crippen molar-refractivity contribution in [2.45, 2.75) is 45.7 Å². The second-order valence-electron chi connectivity index (χ2n) is 6.86. The third-order valence-electron chi connectivity index (χ3n) is 3.83. The minimum atomic E-state index is 0.101. The van der Waals surface area contributed by atoms with Crippen molar-refractivity contribution in [2.24, 2.45) is 5.92 Å². The van der Waals surface area contributed by atoms with E-state index < -0.39 is 0 Å². The van der Waals surface area contributed by atoms with E-state index in [1.165, 1.54) is 12.8 Å². The van der Waals surface area contributed by atoms with Gasteiger partial charge in [-0.05, 0) is 39.5 Å². The van der Waals surface area contributed by atoms with Crippen molar-refractivity contribution in [2.75, 3.05) is 31.7 Å². The van der Waals surface area contributed by atoms with Gasteiger partial charge in [0.25, 0.3) is 0 Å². The van der Waals surface area contributed by atoms with Crippen LogP contribution in [-0.4, -0.2) is 42.3 Å². The minimum Gasteiger partial charge on any atom is -0.384 e. The van der Waals surface area contributed by atoms with Crippen LogP contribution in [0.2, 0.25) is 0 Å². The molecule has 21 heavy (non-hydrogen) atoms. The maximum absolute atomic E-state index is 5.24. The van der Waals surface area contributed by atoms with Crippen LogP contribution in [0.3, 0.4) is 0 Å². The Balaban J connectivity index is 1.85. The van der Waals surface area contributed by atoms with E-state index in [1.807, 2.05) is 12.4 Å². The Morgan fingerprint density at radius 1 is 1.24 bits per heavy atom. The lowest BCUT2D eigenvalue weighted by molar-refractivity contribution is 0.139. The molecule has 5 nitrogen and oxygen atoms in total. The van der Waals surface area contributed by atoms with Crippen LogP contribution in [0.5, 0.6) is 0 Å². The highest BCUT2D eigenvalue weighted by Gasteiger charge is 2.20. The van der Waals surface area contributed by atoms with Crippen molar-refractivity contribution in [1.82, 2.24) is 15.3 Å². The fourth-order valence-electron chi connectivity index (χ4n) is 2.52. The molecule has 2 rings (SSSR count). The van der Waals surface area contributed by atoms with Crippen LogP contribution in [-0.2, 0) is 11.3 Å². The van der Waals surface area contributed by atoms with Gasteiger partial charge in [-0.3, -0.25) is 4.98 Å². The number of anilines is 1. The fraction of sp³-hybridized carbons (Fsp3) is 0.750. The van der Waals surface area contributed by atoms with Gasteiger partial charge in [0.15, 0.2) is 0 Å². The third-order valence-corrected chi connectivity index (χ3v) is 3.83. The number of hydrogen-bond donors (Lipinski definition) is 1. The summed E-state index contributed by atoms with van der Waals surface area (Å²) in [7, 11) is 1.78. The number of rotatable bonds is 5. The van der Waals surface area contributed by atoms with Crippen molar-refractivity contribution in [1.29, 1.82) is 0 Å². The molecular formula is C16H28N4O. The molecule has 1 saturated heterocycles. The third kappa shape index (κ3) is 5.25. The number of hydrogen-bond acceptors (Lipinski definition) is 5. The van der Waals surface area contributed by atoms with Crippen molar-refractivity contribution in [3.8, 4) is 0 Å². The zero-order valence-corrected chi connectivity index (χ0v) is 13.7. The molecule has 0 aliphatic carbocycles. The molecule has 5 heteroatoms. The molecule has 0 radical (unpaired) electrons. The Bertz CT molecular complexity index is 419. The summed E-state index contributed by atoms with van der Waals surface area (Å²) >= 11 is 0. The van der Waals surface area contributed by atoms with Crippen molar-refractivity contribution < 1.29 is 4.74 Å². The van der Waals surface area contributed by atoms with E-state index in [0.29, 0.717) is 5.92 Å². The summed E-state index contributed by atoms with van der Waals surface area (Å²) in [5.41, 5.74) is 1.09. The Hall–Kier alpha value is -1.20. The molecule has 1 N–H and O–H groups in total. The second kappa shape index (κ2) is 7.18. The average Bonchev–Trinajstić information content (AvgIpc) is 2.46. The van der Waals surface area contributed by atoms with Crippen molar-refractivity contribution in [3.05, 3.63) is 18.1 Å². The van der Waals surface area contributed by atoms with Gasteiger partial charge in [-0.25, -0.2) is 4.98 Å². The Morgan fingerprint density at radius 3 is 2.48 bits per heavy atom. The van der Waals surface area contributed by atoms with Gasteiger partial charge in [-0.15, -0.1) is 0 Å². The first-order valence-electron chi connectivity index (χ1n) is 7.78. The first kappa shape index (κ1) is 16.2. The normalized spacial score (nSPS) is 17.2. The van der Waals surface area contributed by atoms with E-state index in [-0.39, 0.29) is 5.54 Å². The molecule has 0 amide bonds. The van der Waals surface area contributed by atoms with E-state index in [1.54, 1.807) is 7.11 Å². The number of methoxy groups -OCH3 is 1. The summed E-state index contributed by atoms with van der Waals surface area (Å²) in [6.07, 6.45) is 6.12. The molecule has 0 aromatic carbocycles. The van der Waals surface area contributed by atoms with Gasteiger partial charge < -0.3 is 15.0 Å². The monoisotopic (exact) mass is 292 g/mol. The standard InChI is InChI=1S/C16H28N4O/c1-16(2,3)19-10-14-9-18-15(11-17-14)20-7-5-13(6-8-20)12-21-4/h9,11,13,19H,5-8,10,12H2,1-4H3. The van der Waals surface area contributed by atoms with Gasteiger partial charge in [0.2, 0.25) is 0 Å². The van der Waals surface area contributed by atoms with Gasteiger partial charge in [0.05, 0.1) is 18.1 Å². The zero-order chi connectivity index (χ0) is 15.3. The lowest BCUT2D eigenvalue weighted by Gasteiger charge is -2.32. The maximum atomic E-state index is 5.24.